The van der Waals surface area contributed by atoms with E-state index in [2.05, 4.69) is 27.3 Å². The zero-order valence-electron chi connectivity index (χ0n) is 14.8. The van der Waals surface area contributed by atoms with Crippen LogP contribution in [0.3, 0.4) is 0 Å². The summed E-state index contributed by atoms with van der Waals surface area (Å²) in [6.07, 6.45) is 9.10. The molecule has 1 aromatic heterocycles. The van der Waals surface area contributed by atoms with Gasteiger partial charge in [0.05, 0.1) is 0 Å². The highest BCUT2D eigenvalue weighted by Crippen LogP contribution is 2.35. The Morgan fingerprint density at radius 3 is 2.38 bits per heavy atom. The van der Waals surface area contributed by atoms with Crippen molar-refractivity contribution in [2.24, 2.45) is 0 Å². The highest BCUT2D eigenvalue weighted by Gasteiger charge is 2.38. The van der Waals surface area contributed by atoms with E-state index < -0.39 is 0 Å². The number of nitrogens with one attached hydrogen (secondary N) is 1. The molecule has 2 aliphatic rings. The van der Waals surface area contributed by atoms with Gasteiger partial charge in [0.15, 0.2) is 0 Å². The summed E-state index contributed by atoms with van der Waals surface area (Å²) in [5.74, 6) is 0.0154. The third-order valence-electron chi connectivity index (χ3n) is 5.68. The van der Waals surface area contributed by atoms with Crippen LogP contribution in [0, 0.1) is 0 Å². The predicted octanol–water partition coefficient (Wildman–Crippen LogP) is 4.05. The van der Waals surface area contributed by atoms with E-state index in [4.69, 9.17) is 11.6 Å². The SMILES string of the molecule is O=C(NC1C[C@H]2CCC[C@H](C1)N2Cc1ccc(Cl)cc1)c1ccncc1. The van der Waals surface area contributed by atoms with Crippen LogP contribution in [0.1, 0.15) is 48.0 Å². The number of hydrogen-bond acceptors (Lipinski definition) is 3. The molecule has 2 fully saturated rings. The first kappa shape index (κ1) is 17.5. The molecule has 4 nitrogen and oxygen atoms in total. The molecular formula is C21H24ClN3O. The summed E-state index contributed by atoms with van der Waals surface area (Å²) in [5.41, 5.74) is 2.00. The number of carbonyl (C=O) groups excluding carboxylic acids is 1. The van der Waals surface area contributed by atoms with Crippen molar-refractivity contribution in [3.8, 4) is 0 Å². The molecule has 0 saturated carbocycles. The van der Waals surface area contributed by atoms with Crippen LogP contribution in [0.5, 0.6) is 0 Å². The molecule has 1 N–H and O–H groups in total. The zero-order chi connectivity index (χ0) is 17.9. The Labute approximate surface area is 159 Å². The summed E-state index contributed by atoms with van der Waals surface area (Å²) in [4.78, 5) is 19.1. The number of halogens is 1. The van der Waals surface area contributed by atoms with E-state index in [1.54, 1.807) is 24.5 Å². The van der Waals surface area contributed by atoms with Crippen molar-refractivity contribution in [1.29, 1.82) is 0 Å². The lowest BCUT2D eigenvalue weighted by Gasteiger charge is -2.49. The fourth-order valence-electron chi connectivity index (χ4n) is 4.43. The number of rotatable bonds is 4. The lowest BCUT2D eigenvalue weighted by atomic mass is 9.81. The molecule has 2 saturated heterocycles. The molecule has 1 amide bonds. The van der Waals surface area contributed by atoms with Gasteiger partial charge in [0.25, 0.3) is 5.91 Å². The Hall–Kier alpha value is -1.91. The molecule has 2 atom stereocenters. The van der Waals surface area contributed by atoms with Gasteiger partial charge in [-0.3, -0.25) is 14.7 Å². The Morgan fingerprint density at radius 1 is 1.08 bits per heavy atom. The van der Waals surface area contributed by atoms with Gasteiger partial charge in [-0.1, -0.05) is 30.2 Å². The molecule has 2 aliphatic heterocycles. The predicted molar refractivity (Wildman–Crippen MR) is 103 cm³/mol. The zero-order valence-corrected chi connectivity index (χ0v) is 15.5. The van der Waals surface area contributed by atoms with Crippen LogP contribution in [0.25, 0.3) is 0 Å². The smallest absolute Gasteiger partial charge is 0.251 e. The molecule has 3 heterocycles. The summed E-state index contributed by atoms with van der Waals surface area (Å²) < 4.78 is 0. The monoisotopic (exact) mass is 369 g/mol. The van der Waals surface area contributed by atoms with E-state index in [9.17, 15) is 4.79 Å². The summed E-state index contributed by atoms with van der Waals surface area (Å²) in [6.45, 7) is 0.970. The van der Waals surface area contributed by atoms with Crippen LogP contribution < -0.4 is 5.32 Å². The average molecular weight is 370 g/mol. The maximum absolute atomic E-state index is 12.5. The lowest BCUT2D eigenvalue weighted by Crippen LogP contribution is -2.56. The van der Waals surface area contributed by atoms with Crippen LogP contribution in [-0.4, -0.2) is 33.9 Å². The average Bonchev–Trinajstić information content (AvgIpc) is 2.65. The standard InChI is InChI=1S/C21H24ClN3O/c22-17-6-4-15(5-7-17)14-25-19-2-1-3-20(25)13-18(12-19)24-21(26)16-8-10-23-11-9-16/h4-11,18-20H,1-3,12-14H2,(H,24,26)/t19-,20-/m1/s1. The topological polar surface area (TPSA) is 45.2 Å². The Kier molecular flexibility index (Phi) is 5.23. The number of carbonyl (C=O) groups is 1. The van der Waals surface area contributed by atoms with Crippen molar-refractivity contribution < 1.29 is 4.79 Å². The first-order chi connectivity index (χ1) is 12.7. The number of benzene rings is 1. The van der Waals surface area contributed by atoms with Crippen molar-refractivity contribution in [2.45, 2.75) is 56.8 Å². The van der Waals surface area contributed by atoms with Gasteiger partial charge in [-0.25, -0.2) is 0 Å². The second kappa shape index (κ2) is 7.77. The third-order valence-corrected chi connectivity index (χ3v) is 5.93. The molecule has 0 radical (unpaired) electrons. The lowest BCUT2D eigenvalue weighted by molar-refractivity contribution is 0.0177. The number of amides is 1. The van der Waals surface area contributed by atoms with E-state index >= 15 is 0 Å². The molecule has 26 heavy (non-hydrogen) atoms. The summed E-state index contributed by atoms with van der Waals surface area (Å²) in [7, 11) is 0. The van der Waals surface area contributed by atoms with E-state index in [1.807, 2.05) is 12.1 Å². The van der Waals surface area contributed by atoms with Crippen LogP contribution in [0.4, 0.5) is 0 Å². The quantitative estimate of drug-likeness (QED) is 0.884. The fourth-order valence-corrected chi connectivity index (χ4v) is 4.55. The summed E-state index contributed by atoms with van der Waals surface area (Å²) >= 11 is 6.01. The van der Waals surface area contributed by atoms with Gasteiger partial charge in [-0.05, 0) is 55.5 Å². The van der Waals surface area contributed by atoms with Crippen molar-refractivity contribution in [3.63, 3.8) is 0 Å². The normalized spacial score (nSPS) is 25.7. The van der Waals surface area contributed by atoms with Crippen LogP contribution in [0.2, 0.25) is 5.02 Å². The van der Waals surface area contributed by atoms with Crippen LogP contribution >= 0.6 is 11.6 Å². The molecule has 1 aromatic carbocycles. The van der Waals surface area contributed by atoms with E-state index in [-0.39, 0.29) is 11.9 Å². The van der Waals surface area contributed by atoms with E-state index in [1.165, 1.54) is 24.8 Å². The minimum absolute atomic E-state index is 0.0154. The van der Waals surface area contributed by atoms with Gasteiger partial charge in [-0.15, -0.1) is 0 Å². The van der Waals surface area contributed by atoms with Gasteiger partial charge < -0.3 is 5.32 Å². The molecule has 4 rings (SSSR count). The second-order valence-corrected chi connectivity index (χ2v) is 7.85. The summed E-state index contributed by atoms with van der Waals surface area (Å²) in [5, 5.41) is 4.03. The van der Waals surface area contributed by atoms with E-state index in [0.717, 1.165) is 24.4 Å². The highest BCUT2D eigenvalue weighted by molar-refractivity contribution is 6.30. The fraction of sp³-hybridized carbons (Fsp3) is 0.429. The van der Waals surface area contributed by atoms with Crippen molar-refractivity contribution in [1.82, 2.24) is 15.2 Å². The van der Waals surface area contributed by atoms with Crippen molar-refractivity contribution in [2.75, 3.05) is 0 Å². The van der Waals surface area contributed by atoms with Crippen molar-refractivity contribution >= 4 is 17.5 Å². The minimum atomic E-state index is 0.0154. The van der Waals surface area contributed by atoms with Crippen LogP contribution in [-0.2, 0) is 6.54 Å². The number of piperidine rings is 2. The number of pyridine rings is 1. The van der Waals surface area contributed by atoms with Gasteiger partial charge >= 0.3 is 0 Å². The molecule has 5 heteroatoms. The molecule has 0 unspecified atom stereocenters. The van der Waals surface area contributed by atoms with Gasteiger partial charge in [0.1, 0.15) is 0 Å². The first-order valence-corrected chi connectivity index (χ1v) is 9.78. The largest absolute Gasteiger partial charge is 0.349 e. The molecular weight excluding hydrogens is 346 g/mol. The van der Waals surface area contributed by atoms with Gasteiger partial charge in [0.2, 0.25) is 0 Å². The van der Waals surface area contributed by atoms with Gasteiger partial charge in [0, 0.05) is 47.7 Å². The van der Waals surface area contributed by atoms with Gasteiger partial charge in [-0.2, -0.15) is 0 Å². The molecule has 136 valence electrons. The molecule has 0 spiro atoms. The van der Waals surface area contributed by atoms with E-state index in [0.29, 0.717) is 17.6 Å². The Bertz CT molecular complexity index is 736. The van der Waals surface area contributed by atoms with Crippen LogP contribution in [0.15, 0.2) is 48.8 Å². The number of fused-ring (bicyclic) bond motifs is 2. The Balaban J connectivity index is 1.41. The first-order valence-electron chi connectivity index (χ1n) is 9.40. The number of aromatic nitrogens is 1. The number of hydrogen-bond donors (Lipinski definition) is 1. The molecule has 2 aromatic rings. The second-order valence-electron chi connectivity index (χ2n) is 7.42. The van der Waals surface area contributed by atoms with Crippen molar-refractivity contribution in [3.05, 3.63) is 64.9 Å². The molecule has 0 aliphatic carbocycles. The minimum Gasteiger partial charge on any atom is -0.349 e. The summed E-state index contributed by atoms with van der Waals surface area (Å²) in [6, 6.07) is 13.1. The maximum atomic E-state index is 12.5. The number of nitrogens with zero attached hydrogens (tertiary/aromatic N) is 2. The highest BCUT2D eigenvalue weighted by atomic mass is 35.5. The third kappa shape index (κ3) is 3.92. The maximum Gasteiger partial charge on any atom is 0.251 e. The Morgan fingerprint density at radius 2 is 1.73 bits per heavy atom. The molecule has 2 bridgehead atoms.